The molecule has 0 aliphatic heterocycles. The number of allylic oxidation sites excluding steroid dienone is 1. The van der Waals surface area contributed by atoms with Crippen molar-refractivity contribution in [1.82, 2.24) is 4.90 Å². The Morgan fingerprint density at radius 2 is 1.43 bits per heavy atom. The van der Waals surface area contributed by atoms with Crippen molar-refractivity contribution in [1.29, 1.82) is 0 Å². The molecule has 2 heteroatoms. The summed E-state index contributed by atoms with van der Waals surface area (Å²) >= 11 is 0. The number of nitrogens with zero attached hydrogens (tertiary/aromatic N) is 1. The van der Waals surface area contributed by atoms with Crippen molar-refractivity contribution in [3.63, 3.8) is 0 Å². The molecular weight excluding hydrogens is 282 g/mol. The van der Waals surface area contributed by atoms with Gasteiger partial charge in [-0.3, -0.25) is 0 Å². The molecule has 0 aliphatic carbocycles. The second-order valence-electron chi connectivity index (χ2n) is 5.80. The maximum Gasteiger partial charge on any atom is 0.199 e. The van der Waals surface area contributed by atoms with Gasteiger partial charge in [0.15, 0.2) is 5.88 Å². The van der Waals surface area contributed by atoms with Crippen molar-refractivity contribution in [3.8, 4) is 5.75 Å². The molecule has 3 aromatic carbocycles. The maximum atomic E-state index is 6.21. The third-order valence-electron chi connectivity index (χ3n) is 3.87. The first-order valence-corrected chi connectivity index (χ1v) is 7.75. The van der Waals surface area contributed by atoms with Crippen molar-refractivity contribution in [2.24, 2.45) is 0 Å². The summed E-state index contributed by atoms with van der Waals surface area (Å²) < 4.78 is 6.21. The first kappa shape index (κ1) is 15.2. The Labute approximate surface area is 137 Å². The summed E-state index contributed by atoms with van der Waals surface area (Å²) in [6.07, 6.45) is 0. The van der Waals surface area contributed by atoms with Crippen LogP contribution >= 0.6 is 0 Å². The fourth-order valence-corrected chi connectivity index (χ4v) is 2.66. The Morgan fingerprint density at radius 1 is 0.783 bits per heavy atom. The lowest BCUT2D eigenvalue weighted by atomic mass is 10.1. The summed E-state index contributed by atoms with van der Waals surface area (Å²) in [7, 11) is 4.01. The zero-order valence-corrected chi connectivity index (χ0v) is 13.8. The van der Waals surface area contributed by atoms with Crippen molar-refractivity contribution < 1.29 is 4.74 Å². The van der Waals surface area contributed by atoms with E-state index in [-0.39, 0.29) is 0 Å². The van der Waals surface area contributed by atoms with Crippen LogP contribution < -0.4 is 4.74 Å². The monoisotopic (exact) mass is 303 g/mol. The first-order chi connectivity index (χ1) is 11.1. The summed E-state index contributed by atoms with van der Waals surface area (Å²) in [6.45, 7) is 2.09. The summed E-state index contributed by atoms with van der Waals surface area (Å²) in [5.74, 6) is 1.70. The van der Waals surface area contributed by atoms with E-state index in [2.05, 4.69) is 43.3 Å². The van der Waals surface area contributed by atoms with E-state index in [0.29, 0.717) is 0 Å². The van der Waals surface area contributed by atoms with E-state index in [9.17, 15) is 0 Å². The van der Waals surface area contributed by atoms with E-state index < -0.39 is 0 Å². The van der Waals surface area contributed by atoms with Crippen molar-refractivity contribution in [2.75, 3.05) is 14.1 Å². The van der Waals surface area contributed by atoms with E-state index >= 15 is 0 Å². The molecule has 0 unspecified atom stereocenters. The normalized spacial score (nSPS) is 12.0. The molecule has 0 aliphatic rings. The van der Waals surface area contributed by atoms with Crippen LogP contribution in [0.1, 0.15) is 12.5 Å². The molecular formula is C21H21NO. The second-order valence-corrected chi connectivity index (χ2v) is 5.80. The molecule has 0 spiro atoms. The lowest BCUT2D eigenvalue weighted by Gasteiger charge is -2.21. The molecule has 0 saturated heterocycles. The summed E-state index contributed by atoms with van der Waals surface area (Å²) in [6, 6.07) is 24.8. The molecule has 0 amide bonds. The number of ether oxygens (including phenoxy) is 1. The molecule has 23 heavy (non-hydrogen) atoms. The third kappa shape index (κ3) is 3.37. The topological polar surface area (TPSA) is 12.5 Å². The van der Waals surface area contributed by atoms with Gasteiger partial charge in [0.1, 0.15) is 5.75 Å². The van der Waals surface area contributed by atoms with E-state index in [1.807, 2.05) is 55.4 Å². The highest BCUT2D eigenvalue weighted by Crippen LogP contribution is 2.26. The lowest BCUT2D eigenvalue weighted by Crippen LogP contribution is -2.18. The number of hydrogen-bond donors (Lipinski definition) is 0. The van der Waals surface area contributed by atoms with Gasteiger partial charge in [0, 0.05) is 19.7 Å². The van der Waals surface area contributed by atoms with Crippen LogP contribution in [0.3, 0.4) is 0 Å². The SMILES string of the molecule is CC(=C(Oc1ccc2ccccc2c1)N(C)C)c1ccccc1. The Bertz CT molecular complexity index is 835. The molecule has 116 valence electrons. The lowest BCUT2D eigenvalue weighted by molar-refractivity contribution is 0.284. The number of fused-ring (bicyclic) bond motifs is 1. The molecule has 2 nitrogen and oxygen atoms in total. The van der Waals surface area contributed by atoms with Gasteiger partial charge in [0.25, 0.3) is 0 Å². The quantitative estimate of drug-likeness (QED) is 0.617. The Hall–Kier alpha value is -2.74. The molecule has 0 radical (unpaired) electrons. The van der Waals surface area contributed by atoms with Crippen LogP contribution in [0.25, 0.3) is 16.3 Å². The zero-order valence-electron chi connectivity index (χ0n) is 13.8. The Balaban J connectivity index is 1.98. The van der Waals surface area contributed by atoms with Crippen molar-refractivity contribution in [3.05, 3.63) is 84.2 Å². The molecule has 0 heterocycles. The summed E-state index contributed by atoms with van der Waals surface area (Å²) in [5, 5.41) is 2.40. The van der Waals surface area contributed by atoms with Crippen LogP contribution in [0.5, 0.6) is 5.75 Å². The minimum atomic E-state index is 0.850. The van der Waals surface area contributed by atoms with E-state index in [1.54, 1.807) is 0 Å². The van der Waals surface area contributed by atoms with Gasteiger partial charge in [0.05, 0.1) is 0 Å². The summed E-state index contributed by atoms with van der Waals surface area (Å²) in [5.41, 5.74) is 2.28. The van der Waals surface area contributed by atoms with Crippen LogP contribution in [0.2, 0.25) is 0 Å². The molecule has 3 aromatic rings. The molecule has 0 bridgehead atoms. The van der Waals surface area contributed by atoms with Crippen LogP contribution in [0.15, 0.2) is 78.7 Å². The van der Waals surface area contributed by atoms with Crippen LogP contribution in [-0.4, -0.2) is 19.0 Å². The minimum absolute atomic E-state index is 0.850. The van der Waals surface area contributed by atoms with Gasteiger partial charge in [0.2, 0.25) is 0 Å². The minimum Gasteiger partial charge on any atom is -0.441 e. The highest BCUT2D eigenvalue weighted by molar-refractivity contribution is 5.83. The van der Waals surface area contributed by atoms with Gasteiger partial charge in [-0.2, -0.15) is 0 Å². The van der Waals surface area contributed by atoms with E-state index in [0.717, 1.165) is 22.8 Å². The molecule has 0 fully saturated rings. The fourth-order valence-electron chi connectivity index (χ4n) is 2.66. The van der Waals surface area contributed by atoms with Crippen LogP contribution in [0.4, 0.5) is 0 Å². The average molecular weight is 303 g/mol. The van der Waals surface area contributed by atoms with Gasteiger partial charge in [-0.25, -0.2) is 0 Å². The molecule has 0 saturated carbocycles. The van der Waals surface area contributed by atoms with Crippen molar-refractivity contribution >= 4 is 16.3 Å². The van der Waals surface area contributed by atoms with E-state index in [4.69, 9.17) is 4.74 Å². The molecule has 0 aromatic heterocycles. The second kappa shape index (κ2) is 6.57. The highest BCUT2D eigenvalue weighted by atomic mass is 16.5. The standard InChI is InChI=1S/C21H21NO/c1-16(17-9-5-4-6-10-17)21(22(2)3)23-20-14-13-18-11-7-8-12-19(18)15-20/h4-15H,1-3H3. The zero-order chi connectivity index (χ0) is 16.2. The fraction of sp³-hybridized carbons (Fsp3) is 0.143. The third-order valence-corrected chi connectivity index (χ3v) is 3.87. The number of benzene rings is 3. The Morgan fingerprint density at radius 3 is 2.13 bits per heavy atom. The van der Waals surface area contributed by atoms with Gasteiger partial charge < -0.3 is 9.64 Å². The average Bonchev–Trinajstić information content (AvgIpc) is 2.59. The summed E-state index contributed by atoms with van der Waals surface area (Å²) in [4.78, 5) is 2.01. The predicted molar refractivity (Wildman–Crippen MR) is 97.3 cm³/mol. The van der Waals surface area contributed by atoms with Crippen LogP contribution in [-0.2, 0) is 0 Å². The van der Waals surface area contributed by atoms with Gasteiger partial charge >= 0.3 is 0 Å². The predicted octanol–water partition coefficient (Wildman–Crippen LogP) is 5.17. The van der Waals surface area contributed by atoms with Crippen LogP contribution in [0, 0.1) is 0 Å². The molecule has 3 rings (SSSR count). The highest BCUT2D eigenvalue weighted by Gasteiger charge is 2.10. The molecule has 0 N–H and O–H groups in total. The largest absolute Gasteiger partial charge is 0.441 e. The Kier molecular flexibility index (Phi) is 4.33. The van der Waals surface area contributed by atoms with Gasteiger partial charge in [-0.15, -0.1) is 0 Å². The molecule has 0 atom stereocenters. The van der Waals surface area contributed by atoms with Gasteiger partial charge in [-0.05, 0) is 35.4 Å². The maximum absolute atomic E-state index is 6.21. The number of hydrogen-bond acceptors (Lipinski definition) is 2. The van der Waals surface area contributed by atoms with Crippen molar-refractivity contribution in [2.45, 2.75) is 6.92 Å². The number of rotatable bonds is 4. The van der Waals surface area contributed by atoms with E-state index in [1.165, 1.54) is 10.8 Å². The first-order valence-electron chi connectivity index (χ1n) is 7.75. The van der Waals surface area contributed by atoms with Gasteiger partial charge in [-0.1, -0.05) is 60.7 Å². The smallest absolute Gasteiger partial charge is 0.199 e.